The fourth-order valence-electron chi connectivity index (χ4n) is 4.34. The van der Waals surface area contributed by atoms with Gasteiger partial charge in [-0.15, -0.1) is 0 Å². The molecule has 1 saturated carbocycles. The zero-order valence-electron chi connectivity index (χ0n) is 18.5. The number of allylic oxidation sites excluding steroid dienone is 3. The predicted molar refractivity (Wildman–Crippen MR) is 127 cm³/mol. The molecule has 0 spiro atoms. The van der Waals surface area contributed by atoms with E-state index in [-0.39, 0.29) is 6.61 Å². The Kier molecular flexibility index (Phi) is 5.55. The molecular formula is C26H29FN4O. The van der Waals surface area contributed by atoms with Crippen LogP contribution in [0.2, 0.25) is 0 Å². The van der Waals surface area contributed by atoms with Crippen LogP contribution < -0.4 is 10.1 Å². The van der Waals surface area contributed by atoms with Crippen LogP contribution in [-0.4, -0.2) is 48.1 Å². The van der Waals surface area contributed by atoms with E-state index in [0.29, 0.717) is 43.1 Å². The first-order chi connectivity index (χ1) is 15.6. The molecule has 3 aliphatic rings. The highest BCUT2D eigenvalue weighted by atomic mass is 19.1. The maximum Gasteiger partial charge on any atom is 0.158 e. The number of nitrogens with one attached hydrogen (secondary N) is 1. The van der Waals surface area contributed by atoms with E-state index >= 15 is 4.39 Å². The van der Waals surface area contributed by atoms with Gasteiger partial charge in [-0.05, 0) is 68.5 Å². The summed E-state index contributed by atoms with van der Waals surface area (Å²) in [7, 11) is 1.77. The number of aliphatic imine (C=N–C) groups is 1. The van der Waals surface area contributed by atoms with Gasteiger partial charge in [0.25, 0.3) is 0 Å². The van der Waals surface area contributed by atoms with Gasteiger partial charge in [0.05, 0.1) is 0 Å². The van der Waals surface area contributed by atoms with Gasteiger partial charge in [0.15, 0.2) is 5.84 Å². The molecule has 5 nitrogen and oxygen atoms in total. The van der Waals surface area contributed by atoms with Crippen molar-refractivity contribution in [2.24, 2.45) is 10.9 Å². The van der Waals surface area contributed by atoms with Crippen LogP contribution in [0, 0.1) is 5.92 Å². The van der Waals surface area contributed by atoms with Crippen LogP contribution in [-0.2, 0) is 0 Å². The van der Waals surface area contributed by atoms with Gasteiger partial charge < -0.3 is 15.0 Å². The molecule has 166 valence electrons. The van der Waals surface area contributed by atoms with Crippen LogP contribution in [0.4, 0.5) is 4.39 Å². The van der Waals surface area contributed by atoms with E-state index in [2.05, 4.69) is 29.2 Å². The number of hydrogen-bond donors (Lipinski definition) is 1. The smallest absolute Gasteiger partial charge is 0.158 e. The lowest BCUT2D eigenvalue weighted by atomic mass is 9.95. The first kappa shape index (κ1) is 20.9. The van der Waals surface area contributed by atoms with E-state index in [1.54, 1.807) is 7.05 Å². The Balaban J connectivity index is 1.45. The standard InChI is InChI=1S/C26H29FN4O/c1-18-6-7-21(19-8-9-19)16-31(18)25(28-2)22-11-10-20-4-3-5-23(24(20)30-22)32-17-26(27)12-14-29-15-13-26/h3-7,10-11,16,19,29H,1,8-9,12-15,17H2,2H3/b28-25-. The molecule has 2 fully saturated rings. The normalized spacial score (nSPS) is 21.1. The van der Waals surface area contributed by atoms with Crippen molar-refractivity contribution in [1.82, 2.24) is 15.2 Å². The highest BCUT2D eigenvalue weighted by Gasteiger charge is 2.33. The average molecular weight is 433 g/mol. The van der Waals surface area contributed by atoms with E-state index in [1.165, 1.54) is 18.4 Å². The van der Waals surface area contributed by atoms with Gasteiger partial charge in [-0.2, -0.15) is 0 Å². The van der Waals surface area contributed by atoms with Crippen molar-refractivity contribution in [1.29, 1.82) is 0 Å². The third kappa shape index (κ3) is 4.19. The van der Waals surface area contributed by atoms with Crippen molar-refractivity contribution >= 4 is 16.7 Å². The summed E-state index contributed by atoms with van der Waals surface area (Å²) in [6, 6.07) is 9.75. The van der Waals surface area contributed by atoms with Crippen LogP contribution in [0.1, 0.15) is 31.4 Å². The zero-order chi connectivity index (χ0) is 22.1. The maximum atomic E-state index is 15.1. The number of piperidine rings is 1. The van der Waals surface area contributed by atoms with Gasteiger partial charge in [-0.25, -0.2) is 9.37 Å². The average Bonchev–Trinajstić information content (AvgIpc) is 3.65. The molecule has 0 radical (unpaired) electrons. The maximum absolute atomic E-state index is 15.1. The van der Waals surface area contributed by atoms with Gasteiger partial charge >= 0.3 is 0 Å². The van der Waals surface area contributed by atoms with Crippen LogP contribution >= 0.6 is 0 Å². The molecule has 2 aliphatic heterocycles. The number of aromatic nitrogens is 1. The van der Waals surface area contributed by atoms with Gasteiger partial charge in [-0.3, -0.25) is 4.99 Å². The quantitative estimate of drug-likeness (QED) is 0.547. The van der Waals surface area contributed by atoms with Crippen LogP contribution in [0.5, 0.6) is 5.75 Å². The van der Waals surface area contributed by atoms with Crippen LogP contribution in [0.15, 0.2) is 71.5 Å². The monoisotopic (exact) mass is 432 g/mol. The summed E-state index contributed by atoms with van der Waals surface area (Å²) in [5.41, 5.74) is 2.30. The topological polar surface area (TPSA) is 49.8 Å². The summed E-state index contributed by atoms with van der Waals surface area (Å²) >= 11 is 0. The molecule has 0 unspecified atom stereocenters. The summed E-state index contributed by atoms with van der Waals surface area (Å²) in [5.74, 6) is 1.96. The summed E-state index contributed by atoms with van der Waals surface area (Å²) < 4.78 is 21.1. The lowest BCUT2D eigenvalue weighted by Gasteiger charge is -2.30. The SMILES string of the molecule is C=C1C=CC(C2CC2)=CN1/C(=N\C)c1ccc2cccc(OCC3(F)CCNCC3)c2n1. The number of amidine groups is 1. The summed E-state index contributed by atoms with van der Waals surface area (Å²) in [4.78, 5) is 11.5. The molecule has 2 aromatic rings. The second-order valence-electron chi connectivity index (χ2n) is 8.86. The number of nitrogens with zero attached hydrogens (tertiary/aromatic N) is 3. The Morgan fingerprint density at radius 2 is 2.06 bits per heavy atom. The second kappa shape index (κ2) is 8.51. The first-order valence-corrected chi connectivity index (χ1v) is 11.3. The Morgan fingerprint density at radius 3 is 2.81 bits per heavy atom. The fourth-order valence-corrected chi connectivity index (χ4v) is 4.34. The molecule has 3 heterocycles. The number of para-hydroxylation sites is 1. The highest BCUT2D eigenvalue weighted by molar-refractivity contribution is 6.01. The van der Waals surface area contributed by atoms with Crippen molar-refractivity contribution < 1.29 is 9.13 Å². The number of rotatable bonds is 5. The van der Waals surface area contributed by atoms with Gasteiger partial charge in [0.2, 0.25) is 0 Å². The van der Waals surface area contributed by atoms with E-state index < -0.39 is 5.67 Å². The van der Waals surface area contributed by atoms with Gasteiger partial charge in [0.1, 0.15) is 29.2 Å². The van der Waals surface area contributed by atoms with Crippen molar-refractivity contribution in [2.45, 2.75) is 31.4 Å². The minimum Gasteiger partial charge on any atom is -0.488 e. The Hall–Kier alpha value is -2.99. The van der Waals surface area contributed by atoms with E-state index in [4.69, 9.17) is 9.72 Å². The highest BCUT2D eigenvalue weighted by Crippen LogP contribution is 2.39. The number of halogens is 1. The third-order valence-electron chi connectivity index (χ3n) is 6.44. The Bertz CT molecular complexity index is 1130. The Morgan fingerprint density at radius 1 is 1.25 bits per heavy atom. The molecule has 0 amide bonds. The number of benzene rings is 1. The zero-order valence-corrected chi connectivity index (χ0v) is 18.5. The molecule has 32 heavy (non-hydrogen) atoms. The Labute approximate surface area is 188 Å². The molecule has 6 heteroatoms. The molecule has 1 aromatic heterocycles. The van der Waals surface area contributed by atoms with Crippen molar-refractivity contribution in [2.75, 3.05) is 26.7 Å². The molecule has 5 rings (SSSR count). The first-order valence-electron chi connectivity index (χ1n) is 11.3. The molecule has 0 atom stereocenters. The number of fused-ring (bicyclic) bond motifs is 1. The number of ether oxygens (including phenoxy) is 1. The molecule has 0 bridgehead atoms. The molecule has 1 aromatic carbocycles. The predicted octanol–water partition coefficient (Wildman–Crippen LogP) is 4.76. The minimum absolute atomic E-state index is 0.0373. The summed E-state index contributed by atoms with van der Waals surface area (Å²) in [6.07, 6.45) is 9.70. The fraction of sp³-hybridized carbons (Fsp3) is 0.385. The van der Waals surface area contributed by atoms with Gasteiger partial charge in [0, 0.05) is 24.3 Å². The van der Waals surface area contributed by atoms with Crippen molar-refractivity contribution in [3.8, 4) is 5.75 Å². The molecule has 1 saturated heterocycles. The lowest BCUT2D eigenvalue weighted by molar-refractivity contribution is 0.0545. The van der Waals surface area contributed by atoms with Crippen LogP contribution in [0.25, 0.3) is 10.9 Å². The number of pyridine rings is 1. The number of hydrogen-bond acceptors (Lipinski definition) is 4. The van der Waals surface area contributed by atoms with Crippen molar-refractivity contribution in [3.05, 3.63) is 72.2 Å². The van der Waals surface area contributed by atoms with Crippen molar-refractivity contribution in [3.63, 3.8) is 0 Å². The van der Waals surface area contributed by atoms with Gasteiger partial charge in [-0.1, -0.05) is 30.9 Å². The van der Waals surface area contributed by atoms with E-state index in [9.17, 15) is 0 Å². The second-order valence-corrected chi connectivity index (χ2v) is 8.86. The lowest BCUT2D eigenvalue weighted by Crippen LogP contribution is -2.42. The number of alkyl halides is 1. The largest absolute Gasteiger partial charge is 0.488 e. The molecular weight excluding hydrogens is 403 g/mol. The summed E-state index contributed by atoms with van der Waals surface area (Å²) in [5, 5.41) is 4.15. The van der Waals surface area contributed by atoms with E-state index in [0.717, 1.165) is 22.6 Å². The minimum atomic E-state index is -1.30. The molecule has 1 N–H and O–H groups in total. The van der Waals surface area contributed by atoms with Crippen LogP contribution in [0.3, 0.4) is 0 Å². The van der Waals surface area contributed by atoms with E-state index in [1.807, 2.05) is 41.3 Å². The summed E-state index contributed by atoms with van der Waals surface area (Å²) in [6.45, 7) is 5.58. The third-order valence-corrected chi connectivity index (χ3v) is 6.44. The molecule has 1 aliphatic carbocycles.